The van der Waals surface area contributed by atoms with Crippen molar-refractivity contribution in [1.29, 1.82) is 0 Å². The van der Waals surface area contributed by atoms with E-state index in [1.54, 1.807) is 12.4 Å². The van der Waals surface area contributed by atoms with Gasteiger partial charge in [-0.25, -0.2) is 15.0 Å². The smallest absolute Gasteiger partial charge is 0.164 e. The van der Waals surface area contributed by atoms with Gasteiger partial charge in [-0.1, -0.05) is 103 Å². The van der Waals surface area contributed by atoms with Crippen molar-refractivity contribution in [3.63, 3.8) is 0 Å². The molecule has 3 aromatic heterocycles. The fourth-order valence-electron chi connectivity index (χ4n) is 5.82. The van der Waals surface area contributed by atoms with Crippen LogP contribution in [0.1, 0.15) is 0 Å². The number of benzene rings is 5. The highest BCUT2D eigenvalue weighted by Crippen LogP contribution is 2.35. The van der Waals surface area contributed by atoms with Crippen LogP contribution in [0.2, 0.25) is 0 Å². The van der Waals surface area contributed by atoms with E-state index in [1.807, 2.05) is 78.9 Å². The van der Waals surface area contributed by atoms with Crippen molar-refractivity contribution in [1.82, 2.24) is 24.9 Å². The fourth-order valence-corrected chi connectivity index (χ4v) is 5.82. The molecule has 8 aromatic rings. The Morgan fingerprint density at radius 3 is 1.00 bits per heavy atom. The van der Waals surface area contributed by atoms with Crippen molar-refractivity contribution in [2.75, 3.05) is 0 Å². The molecule has 0 radical (unpaired) electrons. The van der Waals surface area contributed by atoms with Crippen LogP contribution in [0.4, 0.5) is 0 Å². The normalized spacial score (nSPS) is 10.9. The topological polar surface area (TPSA) is 64.5 Å². The number of aromatic nitrogens is 5. The molecule has 0 amide bonds. The van der Waals surface area contributed by atoms with Crippen LogP contribution in [0, 0.1) is 0 Å². The summed E-state index contributed by atoms with van der Waals surface area (Å²) in [6, 6.07) is 55.6. The Morgan fingerprint density at radius 2 is 0.583 bits per heavy atom. The van der Waals surface area contributed by atoms with Gasteiger partial charge in [0, 0.05) is 40.2 Å². The van der Waals surface area contributed by atoms with Gasteiger partial charge in [0.2, 0.25) is 0 Å². The molecule has 0 N–H and O–H groups in total. The van der Waals surface area contributed by atoms with E-state index >= 15 is 0 Å². The van der Waals surface area contributed by atoms with Gasteiger partial charge in [-0.05, 0) is 82.9 Å². The highest BCUT2D eigenvalue weighted by Gasteiger charge is 2.17. The summed E-state index contributed by atoms with van der Waals surface area (Å²) in [6.07, 6.45) is 3.61. The monoisotopic (exact) mass is 615 g/mol. The van der Waals surface area contributed by atoms with Gasteiger partial charge < -0.3 is 0 Å². The van der Waals surface area contributed by atoms with Crippen LogP contribution >= 0.6 is 0 Å². The Hall–Kier alpha value is -6.59. The van der Waals surface area contributed by atoms with Gasteiger partial charge in [0.15, 0.2) is 17.5 Å². The first-order valence-corrected chi connectivity index (χ1v) is 15.8. The van der Waals surface area contributed by atoms with Crippen LogP contribution in [0.25, 0.3) is 78.9 Å². The van der Waals surface area contributed by atoms with E-state index in [1.165, 1.54) is 0 Å². The van der Waals surface area contributed by atoms with Gasteiger partial charge in [0.1, 0.15) is 0 Å². The molecule has 5 nitrogen and oxygen atoms in total. The standard InChI is InChI=1S/C43H29N5/c1-4-14-30(15-5-1)33-24-34(31-16-6-2-7-17-31)26-37(25-33)42-46-41(32-18-8-3-9-19-32)47-43(48-42)38-28-35(39-20-10-12-22-44-39)27-36(29-38)40-21-11-13-23-45-40/h1-29H. The van der Waals surface area contributed by atoms with Crippen LogP contribution in [0.5, 0.6) is 0 Å². The Morgan fingerprint density at radius 1 is 0.250 bits per heavy atom. The summed E-state index contributed by atoms with van der Waals surface area (Å²) in [6.45, 7) is 0. The molecule has 0 unspecified atom stereocenters. The molecule has 3 heterocycles. The maximum atomic E-state index is 5.18. The van der Waals surface area contributed by atoms with Gasteiger partial charge in [-0.3, -0.25) is 9.97 Å². The van der Waals surface area contributed by atoms with E-state index in [2.05, 4.69) is 94.9 Å². The Kier molecular flexibility index (Phi) is 7.83. The van der Waals surface area contributed by atoms with Gasteiger partial charge in [-0.15, -0.1) is 0 Å². The number of pyridine rings is 2. The quantitative estimate of drug-likeness (QED) is 0.178. The summed E-state index contributed by atoms with van der Waals surface area (Å²) >= 11 is 0. The zero-order valence-electron chi connectivity index (χ0n) is 26.0. The largest absolute Gasteiger partial charge is 0.256 e. The maximum absolute atomic E-state index is 5.18. The van der Waals surface area contributed by atoms with Crippen molar-refractivity contribution in [2.45, 2.75) is 0 Å². The summed E-state index contributed by atoms with van der Waals surface area (Å²) in [4.78, 5) is 24.6. The van der Waals surface area contributed by atoms with E-state index in [-0.39, 0.29) is 0 Å². The first-order chi connectivity index (χ1) is 23.8. The summed E-state index contributed by atoms with van der Waals surface area (Å²) in [5.74, 6) is 1.77. The zero-order chi connectivity index (χ0) is 32.1. The SMILES string of the molecule is c1ccc(-c2cc(-c3ccccc3)cc(-c3nc(-c4ccccc4)nc(-c4cc(-c5ccccn5)cc(-c5ccccn5)c4)n3)c2)cc1. The summed E-state index contributed by atoms with van der Waals surface area (Å²) < 4.78 is 0. The van der Waals surface area contributed by atoms with Crippen molar-refractivity contribution in [2.24, 2.45) is 0 Å². The molecule has 5 aromatic carbocycles. The highest BCUT2D eigenvalue weighted by atomic mass is 15.0. The number of rotatable bonds is 7. The second kappa shape index (κ2) is 13.0. The van der Waals surface area contributed by atoms with Crippen molar-refractivity contribution in [3.8, 4) is 78.9 Å². The van der Waals surface area contributed by atoms with Crippen LogP contribution in [-0.2, 0) is 0 Å². The lowest BCUT2D eigenvalue weighted by Crippen LogP contribution is -2.01. The molecule has 0 aliphatic carbocycles. The van der Waals surface area contributed by atoms with Gasteiger partial charge in [0.05, 0.1) is 11.4 Å². The summed E-state index contributed by atoms with van der Waals surface area (Å²) in [5.41, 5.74) is 10.7. The number of nitrogens with zero attached hydrogens (tertiary/aromatic N) is 5. The minimum Gasteiger partial charge on any atom is -0.256 e. The van der Waals surface area contributed by atoms with E-state index in [0.717, 1.165) is 61.5 Å². The molecule has 0 saturated heterocycles. The average molecular weight is 616 g/mol. The average Bonchev–Trinajstić information content (AvgIpc) is 3.19. The summed E-state index contributed by atoms with van der Waals surface area (Å²) in [7, 11) is 0. The van der Waals surface area contributed by atoms with E-state index < -0.39 is 0 Å². The molecule has 0 aliphatic rings. The molecule has 0 bridgehead atoms. The third kappa shape index (κ3) is 6.13. The van der Waals surface area contributed by atoms with Crippen LogP contribution < -0.4 is 0 Å². The molecule has 0 saturated carbocycles. The predicted molar refractivity (Wildman–Crippen MR) is 193 cm³/mol. The molecular weight excluding hydrogens is 587 g/mol. The third-order valence-electron chi connectivity index (χ3n) is 8.19. The first-order valence-electron chi connectivity index (χ1n) is 15.8. The second-order valence-corrected chi connectivity index (χ2v) is 11.4. The van der Waals surface area contributed by atoms with Crippen molar-refractivity contribution in [3.05, 3.63) is 176 Å². The van der Waals surface area contributed by atoms with Gasteiger partial charge >= 0.3 is 0 Å². The Balaban J connectivity index is 1.36. The second-order valence-electron chi connectivity index (χ2n) is 11.4. The molecule has 48 heavy (non-hydrogen) atoms. The van der Waals surface area contributed by atoms with Crippen LogP contribution in [0.3, 0.4) is 0 Å². The fraction of sp³-hybridized carbons (Fsp3) is 0. The van der Waals surface area contributed by atoms with Crippen LogP contribution in [0.15, 0.2) is 176 Å². The number of hydrogen-bond donors (Lipinski definition) is 0. The minimum atomic E-state index is 0.570. The molecule has 0 atom stereocenters. The lowest BCUT2D eigenvalue weighted by atomic mass is 9.95. The molecule has 0 fully saturated rings. The lowest BCUT2D eigenvalue weighted by molar-refractivity contribution is 1.07. The zero-order valence-corrected chi connectivity index (χ0v) is 26.0. The summed E-state index contributed by atoms with van der Waals surface area (Å²) in [5, 5.41) is 0. The molecule has 226 valence electrons. The Labute approximate surface area is 279 Å². The van der Waals surface area contributed by atoms with Crippen LogP contribution in [-0.4, -0.2) is 24.9 Å². The van der Waals surface area contributed by atoms with E-state index in [4.69, 9.17) is 15.0 Å². The first kappa shape index (κ1) is 28.9. The van der Waals surface area contributed by atoms with Crippen molar-refractivity contribution < 1.29 is 0 Å². The third-order valence-corrected chi connectivity index (χ3v) is 8.19. The maximum Gasteiger partial charge on any atom is 0.164 e. The molecule has 0 aliphatic heterocycles. The highest BCUT2D eigenvalue weighted by molar-refractivity contribution is 5.81. The molecule has 0 spiro atoms. The molecular formula is C43H29N5. The predicted octanol–water partition coefficient (Wildman–Crippen LogP) is 10.3. The molecule has 8 rings (SSSR count). The van der Waals surface area contributed by atoms with E-state index in [9.17, 15) is 0 Å². The Bertz CT molecular complexity index is 2050. The van der Waals surface area contributed by atoms with E-state index in [0.29, 0.717) is 17.5 Å². The van der Waals surface area contributed by atoms with Gasteiger partial charge in [-0.2, -0.15) is 0 Å². The number of hydrogen-bond acceptors (Lipinski definition) is 5. The van der Waals surface area contributed by atoms with Crippen molar-refractivity contribution >= 4 is 0 Å². The van der Waals surface area contributed by atoms with Gasteiger partial charge in [0.25, 0.3) is 0 Å². The molecule has 5 heteroatoms. The minimum absolute atomic E-state index is 0.570. The lowest BCUT2D eigenvalue weighted by Gasteiger charge is -2.13.